The molecule has 0 fully saturated rings. The average molecular weight is 1220 g/mol. The van der Waals surface area contributed by atoms with Crippen molar-refractivity contribution >= 4 is 46.0 Å². The number of hydrogen-bond donors (Lipinski definition) is 0. The summed E-state index contributed by atoms with van der Waals surface area (Å²) < 4.78 is 0. The molecule has 0 aromatic heterocycles. The average Bonchev–Trinajstić information content (AvgIpc) is 1.10. The van der Waals surface area contributed by atoms with E-state index in [9.17, 15) is 0 Å². The highest BCUT2D eigenvalue weighted by atomic mass is 15.2. The van der Waals surface area contributed by atoms with Gasteiger partial charge in [-0.25, -0.2) is 0 Å². The second kappa shape index (κ2) is 25.3. The molecule has 6 aliphatic carbocycles. The summed E-state index contributed by atoms with van der Waals surface area (Å²) in [7, 11) is 0. The summed E-state index contributed by atoms with van der Waals surface area (Å²) in [4.78, 5) is 5.21. The van der Waals surface area contributed by atoms with Crippen LogP contribution in [0.3, 0.4) is 0 Å². The number of benzene rings is 10. The Morgan fingerprint density at radius 3 is 1.57 bits per heavy atom. The first-order valence-electron chi connectivity index (χ1n) is 34.2. The lowest BCUT2D eigenvalue weighted by molar-refractivity contribution is 0.604. The van der Waals surface area contributed by atoms with Crippen molar-refractivity contribution in [1.29, 1.82) is 0 Å². The molecule has 5 atom stereocenters. The number of rotatable bonds is 17. The van der Waals surface area contributed by atoms with Gasteiger partial charge >= 0.3 is 0 Å². The van der Waals surface area contributed by atoms with Gasteiger partial charge in [0.1, 0.15) is 0 Å². The van der Waals surface area contributed by atoms with Crippen LogP contribution in [0.5, 0.6) is 0 Å². The molecule has 0 spiro atoms. The first-order chi connectivity index (χ1) is 46.9. The van der Waals surface area contributed by atoms with E-state index in [2.05, 4.69) is 345 Å². The molecule has 2 heteroatoms. The van der Waals surface area contributed by atoms with Gasteiger partial charge in [0, 0.05) is 22.7 Å². The molecule has 16 rings (SSSR count). The maximum absolute atomic E-state index is 4.09. The quantitative estimate of drug-likeness (QED) is 0.0896. The van der Waals surface area contributed by atoms with Crippen LogP contribution in [0, 0.1) is 5.92 Å². The second-order valence-corrected chi connectivity index (χ2v) is 26.7. The van der Waals surface area contributed by atoms with E-state index in [1.165, 1.54) is 106 Å². The zero-order valence-electron chi connectivity index (χ0n) is 54.2. The molecule has 0 aliphatic heterocycles. The molecule has 0 N–H and O–H groups in total. The maximum atomic E-state index is 4.09. The van der Waals surface area contributed by atoms with Crippen LogP contribution in [0.25, 0.3) is 45.6 Å². The molecule has 0 bridgehead atoms. The SMILES string of the molecule is C=Cc1ccc(CC2(c3ccccc3)C3=C(c4ccc(N(C5C=CC(C6=CC=CCC6)=CC5)C5C=CC(c6ccc(N(c7ccc(-c8ccccc8)cc7)c7ccc8c(c7)C(Cc7ccc(C=C)cc7)(c7ccccc7)c7ccccc7-8)cc6)=CC5)cc42)C(C)CC=C3)cc1. The van der Waals surface area contributed by atoms with Crippen molar-refractivity contribution in [1.82, 2.24) is 0 Å². The van der Waals surface area contributed by atoms with Crippen molar-refractivity contribution in [2.45, 2.75) is 74.8 Å². The van der Waals surface area contributed by atoms with Crippen LogP contribution in [0.2, 0.25) is 0 Å². The van der Waals surface area contributed by atoms with E-state index in [1.54, 1.807) is 0 Å². The summed E-state index contributed by atoms with van der Waals surface area (Å²) in [6.45, 7) is 10.6. The smallest absolute Gasteiger partial charge is 0.0517 e. The Kier molecular flexibility index (Phi) is 15.7. The lowest BCUT2D eigenvalue weighted by atomic mass is 9.67. The predicted molar refractivity (Wildman–Crippen MR) is 402 cm³/mol. The van der Waals surface area contributed by atoms with E-state index in [4.69, 9.17) is 0 Å². The molecule has 0 heterocycles. The Balaban J connectivity index is 0.767. The van der Waals surface area contributed by atoms with Gasteiger partial charge in [-0.3, -0.25) is 0 Å². The fraction of sp³-hybridized carbons (Fsp3) is 0.140. The number of nitrogens with zero attached hydrogens (tertiary/aromatic N) is 2. The molecule has 5 unspecified atom stereocenters. The van der Waals surface area contributed by atoms with Crippen molar-refractivity contribution < 1.29 is 0 Å². The predicted octanol–water partition coefficient (Wildman–Crippen LogP) is 23.3. The number of hydrogen-bond acceptors (Lipinski definition) is 2. The fourth-order valence-corrected chi connectivity index (χ4v) is 16.6. The first kappa shape index (κ1) is 59.2. The Bertz CT molecular complexity index is 4820. The van der Waals surface area contributed by atoms with E-state index in [-0.39, 0.29) is 17.5 Å². The molecule has 0 saturated carbocycles. The third-order valence-electron chi connectivity index (χ3n) is 21.3. The van der Waals surface area contributed by atoms with Crippen molar-refractivity contribution in [3.05, 3.63) is 407 Å². The molecule has 10 aromatic carbocycles. The summed E-state index contributed by atoms with van der Waals surface area (Å²) in [6, 6.07) is 93.9. The van der Waals surface area contributed by atoms with Gasteiger partial charge in [-0.1, -0.05) is 299 Å². The fourth-order valence-electron chi connectivity index (χ4n) is 16.6. The Labute approximate surface area is 562 Å². The molecule has 0 radical (unpaired) electrons. The van der Waals surface area contributed by atoms with Gasteiger partial charge in [0.15, 0.2) is 0 Å². The van der Waals surface area contributed by atoms with E-state index in [0.29, 0.717) is 5.92 Å². The molecule has 460 valence electrons. The van der Waals surface area contributed by atoms with Crippen LogP contribution in [0.1, 0.15) is 100 Å². The molecule has 2 nitrogen and oxygen atoms in total. The van der Waals surface area contributed by atoms with Gasteiger partial charge in [-0.15, -0.1) is 0 Å². The van der Waals surface area contributed by atoms with Gasteiger partial charge in [0.2, 0.25) is 0 Å². The minimum Gasteiger partial charge on any atom is -0.358 e. The molecular formula is C93H78N2. The van der Waals surface area contributed by atoms with Crippen molar-refractivity contribution in [2.75, 3.05) is 9.80 Å². The van der Waals surface area contributed by atoms with Crippen molar-refractivity contribution in [2.24, 2.45) is 5.92 Å². The topological polar surface area (TPSA) is 6.48 Å². The first-order valence-corrected chi connectivity index (χ1v) is 34.2. The standard InChI is InChI=1S/C93H78N2/c1-4-66-33-37-68(38-34-66)63-92(76-26-14-8-15-27-76)87-31-19-18-30-84(87)85-59-57-82(61-89(85)92)94(78-49-41-72(42-50-78)70-22-10-6-11-23-70)80-53-45-74(46-54-80)75-47-55-81(56-48-75)95(79-51-43-73(44-52-79)71-24-12-7-13-25-71)83-58-60-86-90(62-83)93(77-28-16-9-17-29-77,88-32-20-21-65(3)91(86)88)64-69-39-35-67(5-2)36-40-69/h4-12,14-20,22-24,26-51,53-55,57-62,65,79,81H,1-2,13,21,25,52,56,63-64H2,3H3. The minimum absolute atomic E-state index is 0.118. The van der Waals surface area contributed by atoms with E-state index >= 15 is 0 Å². The van der Waals surface area contributed by atoms with Crippen LogP contribution >= 0.6 is 0 Å². The minimum atomic E-state index is -0.449. The summed E-state index contributed by atoms with van der Waals surface area (Å²) in [5.74, 6) is 0.404. The van der Waals surface area contributed by atoms with Crippen LogP contribution in [-0.4, -0.2) is 12.1 Å². The van der Waals surface area contributed by atoms with Crippen LogP contribution in [-0.2, 0) is 23.7 Å². The summed E-state index contributed by atoms with van der Waals surface area (Å²) in [5.41, 5.74) is 29.8. The highest BCUT2D eigenvalue weighted by Crippen LogP contribution is 2.59. The molecule has 0 amide bonds. The van der Waals surface area contributed by atoms with Crippen molar-refractivity contribution in [3.63, 3.8) is 0 Å². The van der Waals surface area contributed by atoms with Crippen LogP contribution in [0.15, 0.2) is 345 Å². The third-order valence-corrected chi connectivity index (χ3v) is 21.3. The Morgan fingerprint density at radius 1 is 0.442 bits per heavy atom. The van der Waals surface area contributed by atoms with Gasteiger partial charge in [-0.2, -0.15) is 0 Å². The molecule has 10 aromatic rings. The monoisotopic (exact) mass is 1220 g/mol. The van der Waals surface area contributed by atoms with E-state index in [1.807, 2.05) is 12.2 Å². The largest absolute Gasteiger partial charge is 0.358 e. The molecular weight excluding hydrogens is 1150 g/mol. The zero-order valence-corrected chi connectivity index (χ0v) is 54.2. The summed E-state index contributed by atoms with van der Waals surface area (Å²) >= 11 is 0. The van der Waals surface area contributed by atoms with Crippen LogP contribution < -0.4 is 9.80 Å². The second-order valence-electron chi connectivity index (χ2n) is 26.7. The Morgan fingerprint density at radius 2 is 0.958 bits per heavy atom. The normalized spacial score (nSPS) is 20.4. The van der Waals surface area contributed by atoms with Gasteiger partial charge < -0.3 is 9.80 Å². The maximum Gasteiger partial charge on any atom is 0.0517 e. The van der Waals surface area contributed by atoms with Crippen LogP contribution in [0.4, 0.5) is 22.7 Å². The number of fused-ring (bicyclic) bond motifs is 5. The molecule has 95 heavy (non-hydrogen) atoms. The summed E-state index contributed by atoms with van der Waals surface area (Å²) in [6.07, 6.45) is 37.1. The van der Waals surface area contributed by atoms with Crippen molar-refractivity contribution in [3.8, 4) is 22.3 Å². The highest BCUT2D eigenvalue weighted by Gasteiger charge is 2.48. The zero-order chi connectivity index (χ0) is 63.9. The molecule has 0 saturated heterocycles. The van der Waals surface area contributed by atoms with E-state index in [0.717, 1.165) is 73.1 Å². The highest BCUT2D eigenvalue weighted by molar-refractivity contribution is 5.91. The van der Waals surface area contributed by atoms with Gasteiger partial charge in [0.25, 0.3) is 0 Å². The number of anilines is 4. The lowest BCUT2D eigenvalue weighted by Gasteiger charge is -2.40. The van der Waals surface area contributed by atoms with Gasteiger partial charge in [-0.05, 0) is 211 Å². The summed E-state index contributed by atoms with van der Waals surface area (Å²) in [5, 5.41) is 0. The lowest BCUT2D eigenvalue weighted by Crippen LogP contribution is -2.42. The van der Waals surface area contributed by atoms with Gasteiger partial charge in [0.05, 0.1) is 22.9 Å². The molecule has 6 aliphatic rings. The Hall–Kier alpha value is -10.8. The number of allylic oxidation sites excluding steroid dienone is 12. The third kappa shape index (κ3) is 10.7. The van der Waals surface area contributed by atoms with E-state index < -0.39 is 5.41 Å².